The van der Waals surface area contributed by atoms with Crippen LogP contribution >= 0.6 is 0 Å². The number of benzene rings is 3. The largest absolute Gasteiger partial charge is 0.481 e. The zero-order chi connectivity index (χ0) is 23.4. The van der Waals surface area contributed by atoms with Crippen molar-refractivity contribution in [2.75, 3.05) is 12.3 Å². The van der Waals surface area contributed by atoms with Crippen molar-refractivity contribution in [1.29, 1.82) is 0 Å². The smallest absolute Gasteiger partial charge is 0.407 e. The minimum atomic E-state index is -0.897. The van der Waals surface area contributed by atoms with Crippen molar-refractivity contribution in [3.63, 3.8) is 0 Å². The summed E-state index contributed by atoms with van der Waals surface area (Å²) in [4.78, 5) is 24.1. The number of nitrogen functional groups attached to an aromatic ring is 1. The lowest BCUT2D eigenvalue weighted by atomic mass is 9.96. The standard InChI is InChI=1S/C27H28N2O4/c1-17(26(30)31)14-20(15-18-10-12-19(28)13-11-18)29-27(32)33-16-25-23-8-4-2-6-21(23)22-7-3-5-9-24(22)25/h2-13,17,20,25H,14-16,28H2,1H3,(H,29,32)(H,30,31)/t17-,20+/m0/s1. The van der Waals surface area contributed by atoms with Crippen molar-refractivity contribution in [2.24, 2.45) is 5.92 Å². The first-order valence-corrected chi connectivity index (χ1v) is 11.1. The lowest BCUT2D eigenvalue weighted by Crippen LogP contribution is -2.39. The van der Waals surface area contributed by atoms with E-state index in [9.17, 15) is 14.7 Å². The molecule has 0 saturated heterocycles. The summed E-state index contributed by atoms with van der Waals surface area (Å²) in [7, 11) is 0. The molecule has 0 spiro atoms. The van der Waals surface area contributed by atoms with E-state index < -0.39 is 18.0 Å². The van der Waals surface area contributed by atoms with E-state index in [2.05, 4.69) is 29.6 Å². The highest BCUT2D eigenvalue weighted by Crippen LogP contribution is 2.44. The SMILES string of the molecule is C[C@@H](C[C@H](Cc1ccc(N)cc1)NC(=O)OCC1c2ccccc2-c2ccccc21)C(=O)O. The number of anilines is 1. The number of ether oxygens (including phenoxy) is 1. The molecule has 0 fully saturated rings. The molecule has 0 saturated carbocycles. The van der Waals surface area contributed by atoms with Gasteiger partial charge >= 0.3 is 12.1 Å². The minimum absolute atomic E-state index is 0.0309. The van der Waals surface area contributed by atoms with Crippen molar-refractivity contribution in [1.82, 2.24) is 5.32 Å². The van der Waals surface area contributed by atoms with Crippen LogP contribution in [0, 0.1) is 5.92 Å². The van der Waals surface area contributed by atoms with Gasteiger partial charge in [-0.2, -0.15) is 0 Å². The van der Waals surface area contributed by atoms with Gasteiger partial charge < -0.3 is 20.9 Å². The number of hydrogen-bond acceptors (Lipinski definition) is 4. The Morgan fingerprint density at radius 2 is 1.55 bits per heavy atom. The number of hydrogen-bond donors (Lipinski definition) is 3. The number of carbonyl (C=O) groups is 2. The second-order valence-electron chi connectivity index (χ2n) is 8.59. The zero-order valence-electron chi connectivity index (χ0n) is 18.5. The molecule has 170 valence electrons. The number of rotatable bonds is 8. The third kappa shape index (κ3) is 5.17. The van der Waals surface area contributed by atoms with E-state index in [0.717, 1.165) is 16.7 Å². The summed E-state index contributed by atoms with van der Waals surface area (Å²) >= 11 is 0. The van der Waals surface area contributed by atoms with Crippen LogP contribution in [0.5, 0.6) is 0 Å². The van der Waals surface area contributed by atoms with Crippen molar-refractivity contribution in [3.05, 3.63) is 89.5 Å². The van der Waals surface area contributed by atoms with Gasteiger partial charge in [0, 0.05) is 17.6 Å². The van der Waals surface area contributed by atoms with Crippen LogP contribution in [0.25, 0.3) is 11.1 Å². The maximum Gasteiger partial charge on any atom is 0.407 e. The lowest BCUT2D eigenvalue weighted by Gasteiger charge is -2.22. The van der Waals surface area contributed by atoms with E-state index in [0.29, 0.717) is 18.5 Å². The van der Waals surface area contributed by atoms with Crippen molar-refractivity contribution in [2.45, 2.75) is 31.7 Å². The number of nitrogens with one attached hydrogen (secondary N) is 1. The van der Waals surface area contributed by atoms with Crippen LogP contribution in [-0.2, 0) is 16.0 Å². The normalized spacial score (nSPS) is 14.1. The summed E-state index contributed by atoms with van der Waals surface area (Å²) in [6, 6.07) is 23.3. The van der Waals surface area contributed by atoms with Gasteiger partial charge in [-0.1, -0.05) is 67.6 Å². The fraction of sp³-hybridized carbons (Fsp3) is 0.259. The molecular weight excluding hydrogens is 416 g/mol. The Bertz CT molecular complexity index is 1100. The molecule has 0 aliphatic heterocycles. The average Bonchev–Trinajstić information content (AvgIpc) is 3.13. The Kier molecular flexibility index (Phi) is 6.63. The average molecular weight is 445 g/mol. The van der Waals surface area contributed by atoms with Crippen LogP contribution in [0.3, 0.4) is 0 Å². The summed E-state index contributed by atoms with van der Waals surface area (Å²) < 4.78 is 5.65. The molecule has 0 heterocycles. The predicted molar refractivity (Wildman–Crippen MR) is 128 cm³/mol. The summed E-state index contributed by atoms with van der Waals surface area (Å²) in [6.45, 7) is 1.85. The maximum absolute atomic E-state index is 12.7. The lowest BCUT2D eigenvalue weighted by molar-refractivity contribution is -0.141. The number of aliphatic carboxylic acids is 1. The highest BCUT2D eigenvalue weighted by Gasteiger charge is 2.29. The second-order valence-corrected chi connectivity index (χ2v) is 8.59. The number of carbonyl (C=O) groups excluding carboxylic acids is 1. The molecule has 4 rings (SSSR count). The van der Waals surface area contributed by atoms with Gasteiger partial charge in [-0.05, 0) is 52.8 Å². The van der Waals surface area contributed by atoms with Crippen LogP contribution in [-0.4, -0.2) is 29.8 Å². The highest BCUT2D eigenvalue weighted by atomic mass is 16.5. The topological polar surface area (TPSA) is 102 Å². The van der Waals surface area contributed by atoms with Gasteiger partial charge in [-0.25, -0.2) is 4.79 Å². The molecule has 2 atom stereocenters. The molecule has 1 aliphatic rings. The first-order valence-electron chi connectivity index (χ1n) is 11.1. The first kappa shape index (κ1) is 22.4. The van der Waals surface area contributed by atoms with E-state index in [1.165, 1.54) is 11.1 Å². The third-order valence-electron chi connectivity index (χ3n) is 6.19. The summed E-state index contributed by atoms with van der Waals surface area (Å²) in [6.07, 6.45) is 0.237. The van der Waals surface area contributed by atoms with E-state index in [1.807, 2.05) is 36.4 Å². The van der Waals surface area contributed by atoms with Crippen LogP contribution in [0.1, 0.15) is 36.0 Å². The van der Waals surface area contributed by atoms with E-state index >= 15 is 0 Å². The Morgan fingerprint density at radius 3 is 2.12 bits per heavy atom. The molecule has 1 amide bonds. The Balaban J connectivity index is 1.44. The van der Waals surface area contributed by atoms with Gasteiger partial charge in [-0.3, -0.25) is 4.79 Å². The minimum Gasteiger partial charge on any atom is -0.481 e. The maximum atomic E-state index is 12.7. The van der Waals surface area contributed by atoms with E-state index in [-0.39, 0.29) is 18.6 Å². The monoisotopic (exact) mass is 444 g/mol. The van der Waals surface area contributed by atoms with Crippen LogP contribution in [0.2, 0.25) is 0 Å². The number of carboxylic acids is 1. The van der Waals surface area contributed by atoms with E-state index in [1.54, 1.807) is 19.1 Å². The molecule has 0 unspecified atom stereocenters. The Labute approximate surface area is 193 Å². The van der Waals surface area contributed by atoms with Gasteiger partial charge in [0.1, 0.15) is 6.61 Å². The summed E-state index contributed by atoms with van der Waals surface area (Å²) in [5.74, 6) is -1.53. The summed E-state index contributed by atoms with van der Waals surface area (Å²) in [5, 5.41) is 12.2. The van der Waals surface area contributed by atoms with Crippen LogP contribution < -0.4 is 11.1 Å². The second kappa shape index (κ2) is 9.77. The van der Waals surface area contributed by atoms with Crippen molar-refractivity contribution in [3.8, 4) is 11.1 Å². The zero-order valence-corrected chi connectivity index (χ0v) is 18.5. The molecule has 4 N–H and O–H groups in total. The van der Waals surface area contributed by atoms with E-state index in [4.69, 9.17) is 10.5 Å². The molecule has 0 radical (unpaired) electrons. The van der Waals surface area contributed by atoms with Crippen molar-refractivity contribution < 1.29 is 19.4 Å². The van der Waals surface area contributed by atoms with Gasteiger partial charge in [-0.15, -0.1) is 0 Å². The number of alkyl carbamates (subject to hydrolysis) is 1. The molecule has 6 heteroatoms. The number of nitrogens with two attached hydrogens (primary N) is 1. The molecule has 3 aromatic rings. The summed E-state index contributed by atoms with van der Waals surface area (Å²) in [5.41, 5.74) is 12.0. The molecule has 3 aromatic carbocycles. The number of amides is 1. The van der Waals surface area contributed by atoms with Crippen molar-refractivity contribution >= 4 is 17.7 Å². The van der Waals surface area contributed by atoms with Crippen LogP contribution in [0.4, 0.5) is 10.5 Å². The Hall–Kier alpha value is -3.80. The predicted octanol–water partition coefficient (Wildman–Crippen LogP) is 4.83. The molecule has 0 aromatic heterocycles. The fourth-order valence-corrected chi connectivity index (χ4v) is 4.47. The molecule has 0 bridgehead atoms. The first-order chi connectivity index (χ1) is 15.9. The number of carboxylic acid groups (broad SMARTS) is 1. The molecule has 1 aliphatic carbocycles. The van der Waals surface area contributed by atoms with Gasteiger partial charge in [0.05, 0.1) is 5.92 Å². The fourth-order valence-electron chi connectivity index (χ4n) is 4.47. The van der Waals surface area contributed by atoms with Gasteiger partial charge in [0.2, 0.25) is 0 Å². The molecule has 33 heavy (non-hydrogen) atoms. The quantitative estimate of drug-likeness (QED) is 0.432. The van der Waals surface area contributed by atoms with Gasteiger partial charge in [0.15, 0.2) is 0 Å². The highest BCUT2D eigenvalue weighted by molar-refractivity contribution is 5.79. The Morgan fingerprint density at radius 1 is 0.970 bits per heavy atom. The molecule has 6 nitrogen and oxygen atoms in total. The van der Waals surface area contributed by atoms with Crippen LogP contribution in [0.15, 0.2) is 72.8 Å². The van der Waals surface area contributed by atoms with Gasteiger partial charge in [0.25, 0.3) is 0 Å². The molecular formula is C27H28N2O4. The number of fused-ring (bicyclic) bond motifs is 3. The third-order valence-corrected chi connectivity index (χ3v) is 6.19.